The van der Waals surface area contributed by atoms with Crippen molar-refractivity contribution in [2.24, 2.45) is 28.9 Å². The van der Waals surface area contributed by atoms with Gasteiger partial charge in [0, 0.05) is 31.7 Å². The minimum Gasteiger partial charge on any atom is -0.481 e. The number of nitrogens with one attached hydrogen (secondary N) is 1. The fourth-order valence-electron chi connectivity index (χ4n) is 4.66. The summed E-state index contributed by atoms with van der Waals surface area (Å²) in [7, 11) is 1.60. The quantitative estimate of drug-likeness (QED) is 0.422. The predicted octanol–water partition coefficient (Wildman–Crippen LogP) is 2.18. The van der Waals surface area contributed by atoms with E-state index in [-0.39, 0.29) is 36.5 Å². The van der Waals surface area contributed by atoms with Gasteiger partial charge in [-0.25, -0.2) is 0 Å². The number of aliphatic carboxylic acids is 1. The molecule has 8 nitrogen and oxygen atoms in total. The zero-order valence-electron chi connectivity index (χ0n) is 20.4. The van der Waals surface area contributed by atoms with Crippen molar-refractivity contribution in [3.8, 4) is 0 Å². The fourth-order valence-corrected chi connectivity index (χ4v) is 4.66. The molecule has 1 aliphatic heterocycles. The summed E-state index contributed by atoms with van der Waals surface area (Å²) in [6.07, 6.45) is 0.232. The Hall–Kier alpha value is -2.45. The lowest BCUT2D eigenvalue weighted by molar-refractivity contribution is -0.144. The van der Waals surface area contributed by atoms with Crippen LogP contribution in [0.5, 0.6) is 0 Å². The second kappa shape index (κ2) is 11.1. The van der Waals surface area contributed by atoms with Crippen LogP contribution in [0.4, 0.5) is 5.69 Å². The molecule has 0 radical (unpaired) electrons. The average Bonchev–Trinajstić information content (AvgIpc) is 2.74. The van der Waals surface area contributed by atoms with Crippen molar-refractivity contribution in [3.05, 3.63) is 29.8 Å². The van der Waals surface area contributed by atoms with E-state index in [9.17, 15) is 24.6 Å². The number of amides is 2. The van der Waals surface area contributed by atoms with Gasteiger partial charge in [-0.15, -0.1) is 0 Å². The molecular weight excluding hydrogens is 422 g/mol. The molecule has 1 aliphatic rings. The second-order valence-electron chi connectivity index (χ2n) is 10.3. The Morgan fingerprint density at radius 3 is 2.45 bits per heavy atom. The summed E-state index contributed by atoms with van der Waals surface area (Å²) in [5.41, 5.74) is 7.50. The molecule has 4 atom stereocenters. The third-order valence-electron chi connectivity index (χ3n) is 6.60. The summed E-state index contributed by atoms with van der Waals surface area (Å²) in [5.74, 6) is -2.25. The second-order valence-corrected chi connectivity index (χ2v) is 10.3. The summed E-state index contributed by atoms with van der Waals surface area (Å²) in [6, 6.07) is 6.97. The normalized spacial score (nSPS) is 18.9. The first-order valence-electron chi connectivity index (χ1n) is 11.6. The standard InChI is InChI=1S/C25H39N3O5/c1-15(2)18(24(32)33)11-21(29)19(26)12-25(3,4)13-22(30)28-14-17(23(31)27-5)10-16-8-6-7-9-20(16)28/h6-9,15,17-19,21,29H,10-14,26H2,1-5H3,(H,27,31)(H,32,33)/t17-,18+,19+,21+/m1/s1. The minimum atomic E-state index is -0.976. The van der Waals surface area contributed by atoms with Gasteiger partial charge in [0.15, 0.2) is 0 Å². The molecule has 0 bridgehead atoms. The van der Waals surface area contributed by atoms with Crippen LogP contribution in [-0.2, 0) is 20.8 Å². The monoisotopic (exact) mass is 461 g/mol. The zero-order chi connectivity index (χ0) is 24.9. The van der Waals surface area contributed by atoms with Crippen LogP contribution >= 0.6 is 0 Å². The number of anilines is 1. The Bertz CT molecular complexity index is 854. The maximum atomic E-state index is 13.4. The number of fused-ring (bicyclic) bond motifs is 1. The van der Waals surface area contributed by atoms with Gasteiger partial charge in [-0.05, 0) is 42.2 Å². The van der Waals surface area contributed by atoms with Crippen molar-refractivity contribution in [3.63, 3.8) is 0 Å². The molecule has 8 heteroatoms. The first kappa shape index (κ1) is 26.8. The van der Waals surface area contributed by atoms with E-state index in [0.29, 0.717) is 19.4 Å². The Kier molecular flexibility index (Phi) is 9.03. The van der Waals surface area contributed by atoms with Crippen LogP contribution in [0.25, 0.3) is 0 Å². The third-order valence-corrected chi connectivity index (χ3v) is 6.60. The van der Waals surface area contributed by atoms with Crippen molar-refractivity contribution in [1.82, 2.24) is 5.32 Å². The number of rotatable bonds is 10. The molecule has 1 heterocycles. The van der Waals surface area contributed by atoms with Gasteiger partial charge in [-0.3, -0.25) is 14.4 Å². The first-order chi connectivity index (χ1) is 15.4. The van der Waals surface area contributed by atoms with Crippen LogP contribution < -0.4 is 16.0 Å². The molecular formula is C25H39N3O5. The van der Waals surface area contributed by atoms with Crippen molar-refractivity contribution < 1.29 is 24.6 Å². The summed E-state index contributed by atoms with van der Waals surface area (Å²) in [5, 5.41) is 22.6. The number of carboxylic acid groups (broad SMARTS) is 1. The molecule has 2 amide bonds. The van der Waals surface area contributed by atoms with Gasteiger partial charge >= 0.3 is 5.97 Å². The van der Waals surface area contributed by atoms with Crippen LogP contribution in [-0.4, -0.2) is 53.7 Å². The van der Waals surface area contributed by atoms with Crippen LogP contribution in [0.15, 0.2) is 24.3 Å². The lowest BCUT2D eigenvalue weighted by atomic mass is 9.78. The average molecular weight is 462 g/mol. The third kappa shape index (κ3) is 7.01. The predicted molar refractivity (Wildman–Crippen MR) is 128 cm³/mol. The molecule has 0 spiro atoms. The number of hydrogen-bond donors (Lipinski definition) is 4. The van der Waals surface area contributed by atoms with Gasteiger partial charge in [-0.1, -0.05) is 45.9 Å². The lowest BCUT2D eigenvalue weighted by Crippen LogP contribution is -2.47. The number of nitrogens with two attached hydrogens (primary N) is 1. The highest BCUT2D eigenvalue weighted by atomic mass is 16.4. The van der Waals surface area contributed by atoms with E-state index >= 15 is 0 Å². The van der Waals surface area contributed by atoms with Gasteiger partial charge in [-0.2, -0.15) is 0 Å². The highest BCUT2D eigenvalue weighted by Gasteiger charge is 2.36. The van der Waals surface area contributed by atoms with E-state index in [1.54, 1.807) is 11.9 Å². The highest BCUT2D eigenvalue weighted by Crippen LogP contribution is 2.34. The number of carbonyl (C=O) groups is 3. The molecule has 0 aliphatic carbocycles. The molecule has 0 fully saturated rings. The summed E-state index contributed by atoms with van der Waals surface area (Å²) >= 11 is 0. The Morgan fingerprint density at radius 2 is 1.88 bits per heavy atom. The summed E-state index contributed by atoms with van der Waals surface area (Å²) in [4.78, 5) is 38.8. The van der Waals surface area contributed by atoms with Crippen molar-refractivity contribution in [2.45, 2.75) is 65.5 Å². The fraction of sp³-hybridized carbons (Fsp3) is 0.640. The minimum absolute atomic E-state index is 0.0749. The van der Waals surface area contributed by atoms with Gasteiger partial charge in [0.1, 0.15) is 0 Å². The molecule has 0 aromatic heterocycles. The number of hydrogen-bond acceptors (Lipinski definition) is 5. The highest BCUT2D eigenvalue weighted by molar-refractivity contribution is 5.96. The molecule has 5 N–H and O–H groups in total. The van der Waals surface area contributed by atoms with Crippen molar-refractivity contribution in [2.75, 3.05) is 18.5 Å². The zero-order valence-corrected chi connectivity index (χ0v) is 20.4. The number of aliphatic hydroxyl groups excluding tert-OH is 1. The van der Waals surface area contributed by atoms with Crippen LogP contribution in [0.2, 0.25) is 0 Å². The Labute approximate surface area is 196 Å². The number of benzene rings is 1. The lowest BCUT2D eigenvalue weighted by Gasteiger charge is -2.37. The van der Waals surface area contributed by atoms with Gasteiger partial charge in [0.25, 0.3) is 0 Å². The SMILES string of the molecule is CNC(=O)[C@@H]1Cc2ccccc2N(C(=O)CC(C)(C)C[C@H](N)[C@@H](O)C[C@H](C(=O)O)C(C)C)C1. The number of aliphatic hydroxyl groups is 1. The van der Waals surface area contributed by atoms with Crippen LogP contribution in [0.3, 0.4) is 0 Å². The molecule has 1 aromatic rings. The summed E-state index contributed by atoms with van der Waals surface area (Å²) in [6.45, 7) is 7.76. The Balaban J connectivity index is 2.09. The maximum Gasteiger partial charge on any atom is 0.306 e. The maximum absolute atomic E-state index is 13.4. The molecule has 33 heavy (non-hydrogen) atoms. The van der Waals surface area contributed by atoms with Gasteiger partial charge in [0.2, 0.25) is 11.8 Å². The van der Waals surface area contributed by atoms with Gasteiger partial charge in [0.05, 0.1) is 17.9 Å². The van der Waals surface area contributed by atoms with E-state index in [4.69, 9.17) is 5.73 Å². The number of para-hydroxylation sites is 1. The molecule has 1 aromatic carbocycles. The first-order valence-corrected chi connectivity index (χ1v) is 11.6. The van der Waals surface area contributed by atoms with Crippen molar-refractivity contribution in [1.29, 1.82) is 0 Å². The molecule has 0 saturated heterocycles. The largest absolute Gasteiger partial charge is 0.481 e. The van der Waals surface area contributed by atoms with Crippen molar-refractivity contribution >= 4 is 23.5 Å². The van der Waals surface area contributed by atoms with E-state index < -0.39 is 29.4 Å². The molecule has 0 unspecified atom stereocenters. The topological polar surface area (TPSA) is 133 Å². The van der Waals surface area contributed by atoms with Crippen LogP contribution in [0.1, 0.15) is 52.5 Å². The molecule has 2 rings (SSSR count). The number of nitrogens with zero attached hydrogens (tertiary/aromatic N) is 1. The molecule has 0 saturated carbocycles. The number of carboxylic acids is 1. The van der Waals surface area contributed by atoms with Crippen LogP contribution in [0, 0.1) is 23.2 Å². The Morgan fingerprint density at radius 1 is 1.24 bits per heavy atom. The summed E-state index contributed by atoms with van der Waals surface area (Å²) < 4.78 is 0. The van der Waals surface area contributed by atoms with E-state index in [1.165, 1.54) is 0 Å². The van der Waals surface area contributed by atoms with E-state index in [0.717, 1.165) is 11.3 Å². The van der Waals surface area contributed by atoms with E-state index in [2.05, 4.69) is 5.32 Å². The molecule has 184 valence electrons. The number of carbonyl (C=O) groups excluding carboxylic acids is 2. The van der Waals surface area contributed by atoms with Gasteiger partial charge < -0.3 is 26.2 Å². The van der Waals surface area contributed by atoms with E-state index in [1.807, 2.05) is 52.0 Å². The smallest absolute Gasteiger partial charge is 0.306 e.